The first-order valence-corrected chi connectivity index (χ1v) is 4.55. The number of para-hydroxylation sites is 1. The fourth-order valence-electron chi connectivity index (χ4n) is 1.28. The Hall–Kier alpha value is -1.49. The summed E-state index contributed by atoms with van der Waals surface area (Å²) in [4.78, 5) is 0. The third-order valence-electron chi connectivity index (χ3n) is 2.04. The maximum Gasteiger partial charge on any atom is 0.0621 e. The van der Waals surface area contributed by atoms with Gasteiger partial charge in [-0.05, 0) is 30.9 Å². The van der Waals surface area contributed by atoms with Gasteiger partial charge in [0.25, 0.3) is 0 Å². The first-order valence-electron chi connectivity index (χ1n) is 4.55. The standard InChI is InChI=1S/C11H14N2/c12-9-5-1-2-6-10-7-3-4-8-11(10)13/h3-4,7-8H,1-2,5-6,13H2. The molecule has 0 aliphatic rings. The Morgan fingerprint density at radius 3 is 2.69 bits per heavy atom. The lowest BCUT2D eigenvalue weighted by Gasteiger charge is -2.03. The average molecular weight is 174 g/mol. The van der Waals surface area contributed by atoms with E-state index >= 15 is 0 Å². The molecule has 0 saturated carbocycles. The molecule has 0 aliphatic carbocycles. The van der Waals surface area contributed by atoms with Crippen molar-refractivity contribution in [3.63, 3.8) is 0 Å². The number of rotatable bonds is 4. The normalized spacial score (nSPS) is 9.46. The monoisotopic (exact) mass is 174 g/mol. The van der Waals surface area contributed by atoms with E-state index in [1.807, 2.05) is 24.3 Å². The van der Waals surface area contributed by atoms with Crippen LogP contribution in [0.1, 0.15) is 24.8 Å². The summed E-state index contributed by atoms with van der Waals surface area (Å²) in [6.07, 6.45) is 3.63. The minimum Gasteiger partial charge on any atom is -0.399 e. The number of hydrogen-bond donors (Lipinski definition) is 1. The van der Waals surface area contributed by atoms with Crippen molar-refractivity contribution in [3.8, 4) is 6.07 Å². The number of aryl methyl sites for hydroxylation is 1. The number of benzene rings is 1. The summed E-state index contributed by atoms with van der Waals surface area (Å²) in [6.45, 7) is 0. The molecular formula is C11H14N2. The minimum atomic E-state index is 0.646. The molecule has 0 aliphatic heterocycles. The third kappa shape index (κ3) is 3.16. The van der Waals surface area contributed by atoms with Gasteiger partial charge in [-0.15, -0.1) is 0 Å². The predicted octanol–water partition coefficient (Wildman–Crippen LogP) is 2.51. The summed E-state index contributed by atoms with van der Waals surface area (Å²) < 4.78 is 0. The van der Waals surface area contributed by atoms with Gasteiger partial charge in [0, 0.05) is 12.1 Å². The fraction of sp³-hybridized carbons (Fsp3) is 0.364. The molecule has 1 aromatic carbocycles. The molecule has 0 aromatic heterocycles. The van der Waals surface area contributed by atoms with Crippen LogP contribution in [0.15, 0.2) is 24.3 Å². The zero-order valence-corrected chi connectivity index (χ0v) is 7.66. The van der Waals surface area contributed by atoms with Crippen LogP contribution in [-0.4, -0.2) is 0 Å². The summed E-state index contributed by atoms with van der Waals surface area (Å²) in [7, 11) is 0. The van der Waals surface area contributed by atoms with E-state index in [1.54, 1.807) is 0 Å². The lowest BCUT2D eigenvalue weighted by molar-refractivity contribution is 0.754. The molecule has 0 radical (unpaired) electrons. The molecule has 0 fully saturated rings. The minimum absolute atomic E-state index is 0.646. The van der Waals surface area contributed by atoms with Gasteiger partial charge in [-0.25, -0.2) is 0 Å². The van der Waals surface area contributed by atoms with Crippen LogP contribution in [0.3, 0.4) is 0 Å². The van der Waals surface area contributed by atoms with Crippen LogP contribution in [0, 0.1) is 11.3 Å². The molecular weight excluding hydrogens is 160 g/mol. The molecule has 2 heteroatoms. The lowest BCUT2D eigenvalue weighted by atomic mass is 10.1. The molecule has 2 nitrogen and oxygen atoms in total. The van der Waals surface area contributed by atoms with Crippen molar-refractivity contribution in [3.05, 3.63) is 29.8 Å². The Morgan fingerprint density at radius 1 is 1.23 bits per heavy atom. The second kappa shape index (κ2) is 5.21. The summed E-state index contributed by atoms with van der Waals surface area (Å²) in [5.74, 6) is 0. The first-order chi connectivity index (χ1) is 6.34. The molecule has 13 heavy (non-hydrogen) atoms. The van der Waals surface area contributed by atoms with Gasteiger partial charge >= 0.3 is 0 Å². The summed E-state index contributed by atoms with van der Waals surface area (Å²) in [5, 5.41) is 8.34. The van der Waals surface area contributed by atoms with Crippen LogP contribution in [0.2, 0.25) is 0 Å². The summed E-state index contributed by atoms with van der Waals surface area (Å²) >= 11 is 0. The molecule has 0 spiro atoms. The zero-order valence-electron chi connectivity index (χ0n) is 7.66. The van der Waals surface area contributed by atoms with E-state index in [-0.39, 0.29) is 0 Å². The maximum absolute atomic E-state index is 8.34. The highest BCUT2D eigenvalue weighted by atomic mass is 14.6. The van der Waals surface area contributed by atoms with Crippen LogP contribution in [-0.2, 0) is 6.42 Å². The van der Waals surface area contributed by atoms with Crippen LogP contribution in [0.5, 0.6) is 0 Å². The number of hydrogen-bond acceptors (Lipinski definition) is 2. The van der Waals surface area contributed by atoms with Crippen molar-refractivity contribution >= 4 is 5.69 Å². The van der Waals surface area contributed by atoms with Gasteiger partial charge in [-0.3, -0.25) is 0 Å². The molecule has 0 bridgehead atoms. The van der Waals surface area contributed by atoms with E-state index in [1.165, 1.54) is 5.56 Å². The van der Waals surface area contributed by atoms with Gasteiger partial charge in [0.15, 0.2) is 0 Å². The predicted molar refractivity (Wildman–Crippen MR) is 54.0 cm³/mol. The molecule has 1 rings (SSSR count). The molecule has 0 saturated heterocycles. The quantitative estimate of drug-likeness (QED) is 0.563. The molecule has 0 amide bonds. The number of anilines is 1. The molecule has 0 heterocycles. The Morgan fingerprint density at radius 2 is 2.00 bits per heavy atom. The molecule has 0 unspecified atom stereocenters. The Labute approximate surface area is 79.0 Å². The van der Waals surface area contributed by atoms with Crippen molar-refractivity contribution in [1.29, 1.82) is 5.26 Å². The van der Waals surface area contributed by atoms with Crippen LogP contribution >= 0.6 is 0 Å². The van der Waals surface area contributed by atoms with Gasteiger partial charge in [-0.2, -0.15) is 5.26 Å². The number of unbranched alkanes of at least 4 members (excludes halogenated alkanes) is 2. The fourth-order valence-corrected chi connectivity index (χ4v) is 1.28. The largest absolute Gasteiger partial charge is 0.399 e. The second-order valence-electron chi connectivity index (χ2n) is 3.06. The van der Waals surface area contributed by atoms with Gasteiger partial charge in [0.05, 0.1) is 6.07 Å². The topological polar surface area (TPSA) is 49.8 Å². The second-order valence-corrected chi connectivity index (χ2v) is 3.06. The first kappa shape index (κ1) is 9.60. The van der Waals surface area contributed by atoms with E-state index in [0.717, 1.165) is 24.9 Å². The summed E-state index contributed by atoms with van der Waals surface area (Å²) in [6, 6.07) is 10.0. The van der Waals surface area contributed by atoms with E-state index < -0.39 is 0 Å². The Kier molecular flexibility index (Phi) is 3.84. The lowest BCUT2D eigenvalue weighted by Crippen LogP contribution is -1.93. The third-order valence-corrected chi connectivity index (χ3v) is 2.04. The van der Waals surface area contributed by atoms with Gasteiger partial charge in [-0.1, -0.05) is 18.2 Å². The smallest absolute Gasteiger partial charge is 0.0621 e. The van der Waals surface area contributed by atoms with Gasteiger partial charge in [0.1, 0.15) is 0 Å². The van der Waals surface area contributed by atoms with Crippen molar-refractivity contribution in [2.45, 2.75) is 25.7 Å². The van der Waals surface area contributed by atoms with E-state index in [9.17, 15) is 0 Å². The van der Waals surface area contributed by atoms with Gasteiger partial charge in [0.2, 0.25) is 0 Å². The number of nitrogen functional groups attached to an aromatic ring is 1. The molecule has 1 aromatic rings. The zero-order chi connectivity index (χ0) is 9.52. The van der Waals surface area contributed by atoms with E-state index in [4.69, 9.17) is 11.0 Å². The number of nitriles is 1. The van der Waals surface area contributed by atoms with Crippen molar-refractivity contribution in [1.82, 2.24) is 0 Å². The maximum atomic E-state index is 8.34. The van der Waals surface area contributed by atoms with Crippen molar-refractivity contribution < 1.29 is 0 Å². The van der Waals surface area contributed by atoms with Crippen molar-refractivity contribution in [2.75, 3.05) is 5.73 Å². The van der Waals surface area contributed by atoms with E-state index in [0.29, 0.717) is 6.42 Å². The molecule has 68 valence electrons. The van der Waals surface area contributed by atoms with Crippen LogP contribution in [0.25, 0.3) is 0 Å². The highest BCUT2D eigenvalue weighted by molar-refractivity contribution is 5.46. The molecule has 0 atom stereocenters. The number of nitrogens with zero attached hydrogens (tertiary/aromatic N) is 1. The van der Waals surface area contributed by atoms with Crippen LogP contribution < -0.4 is 5.73 Å². The van der Waals surface area contributed by atoms with Crippen LogP contribution in [0.4, 0.5) is 5.69 Å². The van der Waals surface area contributed by atoms with E-state index in [2.05, 4.69) is 6.07 Å². The highest BCUT2D eigenvalue weighted by Gasteiger charge is 1.96. The average Bonchev–Trinajstić information content (AvgIpc) is 2.15. The Balaban J connectivity index is 2.37. The number of nitrogens with two attached hydrogens (primary N) is 1. The van der Waals surface area contributed by atoms with Gasteiger partial charge < -0.3 is 5.73 Å². The molecule has 2 N–H and O–H groups in total. The summed E-state index contributed by atoms with van der Waals surface area (Å²) in [5.41, 5.74) is 7.83. The highest BCUT2D eigenvalue weighted by Crippen LogP contribution is 2.13. The Bertz CT molecular complexity index is 299. The van der Waals surface area contributed by atoms with Crippen molar-refractivity contribution in [2.24, 2.45) is 0 Å². The SMILES string of the molecule is N#CCCCCc1ccccc1N.